The maximum atomic E-state index is 11.0. The van der Waals surface area contributed by atoms with E-state index >= 15 is 0 Å². The van der Waals surface area contributed by atoms with E-state index < -0.39 is 11.5 Å². The van der Waals surface area contributed by atoms with E-state index in [9.17, 15) is 4.79 Å². The fraction of sp³-hybridized carbons (Fsp3) is 0.667. The van der Waals surface area contributed by atoms with Crippen LogP contribution >= 0.6 is 0 Å². The normalized spacial score (nSPS) is 14.9. The molecule has 0 bridgehead atoms. The number of nitrogens with one attached hydrogen (secondary N) is 1. The zero-order valence-corrected chi connectivity index (χ0v) is 9.07. The lowest BCUT2D eigenvalue weighted by molar-refractivity contribution is -0.144. The second kappa shape index (κ2) is 4.39. The molecule has 1 aromatic heterocycles. The topological polar surface area (TPSA) is 88.3 Å². The molecule has 6 nitrogen and oxygen atoms in total. The third kappa shape index (κ3) is 2.76. The van der Waals surface area contributed by atoms with E-state index in [2.05, 4.69) is 15.5 Å². The Labute approximate surface area is 87.7 Å². The summed E-state index contributed by atoms with van der Waals surface area (Å²) in [5.74, 6) is 0.0546. The van der Waals surface area contributed by atoms with E-state index in [4.69, 9.17) is 9.63 Å². The zero-order valence-electron chi connectivity index (χ0n) is 9.07. The molecule has 0 aliphatic carbocycles. The minimum absolute atomic E-state index is 0.286. The molecule has 1 heterocycles. The Morgan fingerprint density at radius 1 is 1.67 bits per heavy atom. The molecule has 1 rings (SSSR count). The van der Waals surface area contributed by atoms with Gasteiger partial charge in [-0.05, 0) is 13.3 Å². The molecular weight excluding hydrogens is 198 g/mol. The van der Waals surface area contributed by atoms with Crippen LogP contribution in [0, 0.1) is 6.92 Å². The van der Waals surface area contributed by atoms with E-state index in [1.165, 1.54) is 0 Å². The third-order valence-electron chi connectivity index (χ3n) is 2.39. The number of hydrogen-bond acceptors (Lipinski definition) is 5. The van der Waals surface area contributed by atoms with Gasteiger partial charge in [0.1, 0.15) is 5.54 Å². The van der Waals surface area contributed by atoms with Crippen molar-refractivity contribution in [2.24, 2.45) is 0 Å². The number of aromatic nitrogens is 2. The molecule has 0 saturated heterocycles. The lowest BCUT2D eigenvalue weighted by Crippen LogP contribution is -2.48. The van der Waals surface area contributed by atoms with Crippen LogP contribution in [-0.2, 0) is 11.3 Å². The van der Waals surface area contributed by atoms with Crippen LogP contribution in [0.1, 0.15) is 32.0 Å². The van der Waals surface area contributed by atoms with Gasteiger partial charge in [-0.2, -0.15) is 4.98 Å². The van der Waals surface area contributed by atoms with Gasteiger partial charge in [-0.25, -0.2) is 0 Å². The lowest BCUT2D eigenvalue weighted by Gasteiger charge is -2.23. The van der Waals surface area contributed by atoms with Gasteiger partial charge in [-0.15, -0.1) is 0 Å². The van der Waals surface area contributed by atoms with Crippen LogP contribution in [0.4, 0.5) is 0 Å². The second-order valence-corrected chi connectivity index (χ2v) is 3.57. The molecule has 1 aromatic rings. The van der Waals surface area contributed by atoms with Gasteiger partial charge in [0.05, 0.1) is 6.54 Å². The summed E-state index contributed by atoms with van der Waals surface area (Å²) in [4.78, 5) is 14.9. The van der Waals surface area contributed by atoms with Crippen molar-refractivity contribution in [3.8, 4) is 0 Å². The summed E-state index contributed by atoms with van der Waals surface area (Å²) in [6.07, 6.45) is 0.485. The summed E-state index contributed by atoms with van der Waals surface area (Å²) in [6, 6.07) is 0. The highest BCUT2D eigenvalue weighted by Gasteiger charge is 2.30. The number of aliphatic carboxylic acids is 1. The number of carboxylic acid groups (broad SMARTS) is 1. The van der Waals surface area contributed by atoms with Gasteiger partial charge in [0.25, 0.3) is 0 Å². The molecule has 0 aromatic carbocycles. The highest BCUT2D eigenvalue weighted by atomic mass is 16.5. The van der Waals surface area contributed by atoms with Crippen molar-refractivity contribution < 1.29 is 14.4 Å². The maximum Gasteiger partial charge on any atom is 0.323 e. The fourth-order valence-electron chi connectivity index (χ4n) is 1.04. The number of hydrogen-bond donors (Lipinski definition) is 2. The number of aryl methyl sites for hydroxylation is 1. The fourth-order valence-corrected chi connectivity index (χ4v) is 1.04. The number of carbonyl (C=O) groups is 1. The van der Waals surface area contributed by atoms with E-state index in [0.29, 0.717) is 18.1 Å². The molecule has 0 aliphatic rings. The molecular formula is C9H15N3O3. The average Bonchev–Trinajstić information content (AvgIpc) is 2.60. The quantitative estimate of drug-likeness (QED) is 0.749. The van der Waals surface area contributed by atoms with Gasteiger partial charge in [0, 0.05) is 6.92 Å². The predicted molar refractivity (Wildman–Crippen MR) is 52.2 cm³/mol. The summed E-state index contributed by atoms with van der Waals surface area (Å²) in [6.45, 7) is 5.41. The molecule has 0 amide bonds. The van der Waals surface area contributed by atoms with Crippen molar-refractivity contribution in [1.82, 2.24) is 15.5 Å². The van der Waals surface area contributed by atoms with Crippen molar-refractivity contribution in [3.63, 3.8) is 0 Å². The molecule has 0 aliphatic heterocycles. The Bertz CT molecular complexity index is 350. The summed E-state index contributed by atoms with van der Waals surface area (Å²) < 4.78 is 4.78. The summed E-state index contributed by atoms with van der Waals surface area (Å²) in [5.41, 5.74) is -0.950. The van der Waals surface area contributed by atoms with Crippen molar-refractivity contribution in [2.75, 3.05) is 0 Å². The Morgan fingerprint density at radius 3 is 2.73 bits per heavy atom. The van der Waals surface area contributed by atoms with Gasteiger partial charge in [0.15, 0.2) is 5.82 Å². The Morgan fingerprint density at radius 2 is 2.33 bits per heavy atom. The molecule has 0 fully saturated rings. The van der Waals surface area contributed by atoms with Crippen LogP contribution in [0.2, 0.25) is 0 Å². The van der Waals surface area contributed by atoms with Crippen LogP contribution in [0.25, 0.3) is 0 Å². The van der Waals surface area contributed by atoms with Gasteiger partial charge >= 0.3 is 5.97 Å². The van der Waals surface area contributed by atoms with Crippen molar-refractivity contribution in [1.29, 1.82) is 0 Å². The molecule has 6 heteroatoms. The summed E-state index contributed by atoms with van der Waals surface area (Å²) >= 11 is 0. The minimum atomic E-state index is -0.950. The predicted octanol–water partition coefficient (Wildman–Crippen LogP) is 0.721. The molecule has 0 spiro atoms. The number of carboxylic acids is 1. The first-order valence-electron chi connectivity index (χ1n) is 4.75. The van der Waals surface area contributed by atoms with E-state index in [-0.39, 0.29) is 6.54 Å². The largest absolute Gasteiger partial charge is 0.480 e. The highest BCUT2D eigenvalue weighted by molar-refractivity contribution is 5.78. The SMILES string of the molecule is CCC(C)(NCc1noc(C)n1)C(=O)O. The molecule has 1 unspecified atom stereocenters. The number of rotatable bonds is 5. The Balaban J connectivity index is 2.59. The highest BCUT2D eigenvalue weighted by Crippen LogP contribution is 2.10. The maximum absolute atomic E-state index is 11.0. The summed E-state index contributed by atoms with van der Waals surface area (Å²) in [5, 5.41) is 15.6. The van der Waals surface area contributed by atoms with Crippen molar-refractivity contribution >= 4 is 5.97 Å². The first-order chi connectivity index (χ1) is 6.98. The van der Waals surface area contributed by atoms with Crippen molar-refractivity contribution in [2.45, 2.75) is 39.3 Å². The van der Waals surface area contributed by atoms with Crippen LogP contribution in [0.5, 0.6) is 0 Å². The molecule has 0 radical (unpaired) electrons. The molecule has 2 N–H and O–H groups in total. The molecule has 84 valence electrons. The van der Waals surface area contributed by atoms with E-state index in [1.54, 1.807) is 13.8 Å². The van der Waals surface area contributed by atoms with Crippen LogP contribution < -0.4 is 5.32 Å². The van der Waals surface area contributed by atoms with Gasteiger partial charge in [-0.1, -0.05) is 12.1 Å². The first kappa shape index (κ1) is 11.6. The monoisotopic (exact) mass is 213 g/mol. The molecule has 15 heavy (non-hydrogen) atoms. The molecule has 0 saturated carbocycles. The lowest BCUT2D eigenvalue weighted by atomic mass is 9.99. The standard InChI is InChI=1S/C9H15N3O3/c1-4-9(3,8(13)14)10-5-7-11-6(2)15-12-7/h10H,4-5H2,1-3H3,(H,13,14). The average molecular weight is 213 g/mol. The van der Waals surface area contributed by atoms with E-state index in [0.717, 1.165) is 0 Å². The van der Waals surface area contributed by atoms with Gasteiger partial charge in [0.2, 0.25) is 5.89 Å². The smallest absolute Gasteiger partial charge is 0.323 e. The zero-order chi connectivity index (χ0) is 11.5. The third-order valence-corrected chi connectivity index (χ3v) is 2.39. The Kier molecular flexibility index (Phi) is 3.41. The second-order valence-electron chi connectivity index (χ2n) is 3.57. The molecule has 1 atom stereocenters. The summed E-state index contributed by atoms with van der Waals surface area (Å²) in [7, 11) is 0. The van der Waals surface area contributed by atoms with Gasteiger partial charge in [-0.3, -0.25) is 10.1 Å². The van der Waals surface area contributed by atoms with Crippen molar-refractivity contribution in [3.05, 3.63) is 11.7 Å². The first-order valence-corrected chi connectivity index (χ1v) is 4.75. The van der Waals surface area contributed by atoms with E-state index in [1.807, 2.05) is 6.92 Å². The van der Waals surface area contributed by atoms with Crippen LogP contribution in [-0.4, -0.2) is 26.8 Å². The minimum Gasteiger partial charge on any atom is -0.480 e. The van der Waals surface area contributed by atoms with Crippen LogP contribution in [0.15, 0.2) is 4.52 Å². The number of nitrogens with zero attached hydrogens (tertiary/aromatic N) is 2. The van der Waals surface area contributed by atoms with Crippen LogP contribution in [0.3, 0.4) is 0 Å². The Hall–Kier alpha value is -1.43. The van der Waals surface area contributed by atoms with Gasteiger partial charge < -0.3 is 9.63 Å².